The molecule has 0 unspecified atom stereocenters. The van der Waals surface area contributed by atoms with Crippen LogP contribution in [-0.4, -0.2) is 44.5 Å². The Morgan fingerprint density at radius 1 is 1.00 bits per heavy atom. The molecule has 0 aliphatic carbocycles. The van der Waals surface area contributed by atoms with E-state index in [1.807, 2.05) is 20.8 Å². The maximum Gasteiger partial charge on any atom is 0.303 e. The minimum Gasteiger partial charge on any atom is -0.460 e. The Morgan fingerprint density at radius 2 is 1.55 bits per heavy atom. The van der Waals surface area contributed by atoms with Crippen LogP contribution in [0.2, 0.25) is 0 Å². The molecular formula is C15H33NO4. The Kier molecular flexibility index (Phi) is 16.0. The Hall–Kier alpha value is -0.650. The van der Waals surface area contributed by atoms with Gasteiger partial charge >= 0.3 is 5.97 Å². The topological polar surface area (TPSA) is 70.8 Å². The van der Waals surface area contributed by atoms with Gasteiger partial charge in [0.25, 0.3) is 0 Å². The van der Waals surface area contributed by atoms with Crippen molar-refractivity contribution in [3.8, 4) is 0 Å². The molecule has 5 nitrogen and oxygen atoms in total. The standard InChI is InChI=1S/C9H21NO2.C6H12O2/c1-2-3-4-6-11-8-9-12-7-5-10;1-5(7)8-6(2,3)4/h2-10H2,1H3;1-4H3. The minimum atomic E-state index is -0.328. The third kappa shape index (κ3) is 26.0. The third-order valence-corrected chi connectivity index (χ3v) is 1.98. The lowest BCUT2D eigenvalue weighted by Crippen LogP contribution is -2.21. The van der Waals surface area contributed by atoms with Crippen molar-refractivity contribution >= 4 is 5.97 Å². The van der Waals surface area contributed by atoms with Crippen LogP contribution in [0, 0.1) is 0 Å². The van der Waals surface area contributed by atoms with Crippen LogP contribution in [0.15, 0.2) is 0 Å². The number of hydrogen-bond acceptors (Lipinski definition) is 5. The average Bonchev–Trinajstić information content (AvgIpc) is 2.30. The number of unbranched alkanes of at least 4 members (excludes halogenated alkanes) is 2. The molecule has 0 atom stereocenters. The molecule has 2 N–H and O–H groups in total. The number of rotatable bonds is 9. The van der Waals surface area contributed by atoms with Crippen LogP contribution >= 0.6 is 0 Å². The fourth-order valence-electron chi connectivity index (χ4n) is 1.29. The fraction of sp³-hybridized carbons (Fsp3) is 0.933. The first-order chi connectivity index (χ1) is 9.33. The molecule has 5 heteroatoms. The molecule has 0 saturated carbocycles. The molecule has 0 saturated heterocycles. The van der Waals surface area contributed by atoms with Crippen molar-refractivity contribution in [2.45, 2.75) is 59.5 Å². The molecule has 0 aromatic carbocycles. The molecule has 0 aliphatic heterocycles. The van der Waals surface area contributed by atoms with Crippen LogP contribution in [-0.2, 0) is 19.0 Å². The molecule has 20 heavy (non-hydrogen) atoms. The van der Waals surface area contributed by atoms with Crippen molar-refractivity contribution in [2.24, 2.45) is 5.73 Å². The highest BCUT2D eigenvalue weighted by Gasteiger charge is 2.11. The van der Waals surface area contributed by atoms with Crippen LogP contribution in [0.4, 0.5) is 0 Å². The van der Waals surface area contributed by atoms with Gasteiger partial charge in [-0.1, -0.05) is 19.8 Å². The van der Waals surface area contributed by atoms with E-state index in [0.29, 0.717) is 26.4 Å². The van der Waals surface area contributed by atoms with E-state index in [9.17, 15) is 4.79 Å². The van der Waals surface area contributed by atoms with Crippen molar-refractivity contribution in [2.75, 3.05) is 33.0 Å². The van der Waals surface area contributed by atoms with Crippen LogP contribution in [0.3, 0.4) is 0 Å². The van der Waals surface area contributed by atoms with E-state index in [1.54, 1.807) is 0 Å². The summed E-state index contributed by atoms with van der Waals surface area (Å²) in [5.41, 5.74) is 4.92. The first-order valence-corrected chi connectivity index (χ1v) is 7.38. The zero-order valence-electron chi connectivity index (χ0n) is 13.9. The summed E-state index contributed by atoms with van der Waals surface area (Å²) in [6.45, 7) is 12.6. The zero-order chi connectivity index (χ0) is 15.9. The van der Waals surface area contributed by atoms with Crippen molar-refractivity contribution in [1.29, 1.82) is 0 Å². The molecule has 0 aliphatic rings. The summed E-state index contributed by atoms with van der Waals surface area (Å²) in [4.78, 5) is 10.2. The van der Waals surface area contributed by atoms with Crippen molar-refractivity contribution in [3.05, 3.63) is 0 Å². The normalized spacial score (nSPS) is 10.7. The zero-order valence-corrected chi connectivity index (χ0v) is 13.9. The van der Waals surface area contributed by atoms with Gasteiger partial charge in [-0.2, -0.15) is 0 Å². The highest BCUT2D eigenvalue weighted by Crippen LogP contribution is 2.05. The van der Waals surface area contributed by atoms with Crippen molar-refractivity contribution in [3.63, 3.8) is 0 Å². The molecule has 122 valence electrons. The molecule has 0 rings (SSSR count). The number of carbonyl (C=O) groups excluding carboxylic acids is 1. The quantitative estimate of drug-likeness (QED) is 0.522. The molecule has 0 fully saturated rings. The van der Waals surface area contributed by atoms with E-state index in [4.69, 9.17) is 19.9 Å². The van der Waals surface area contributed by atoms with Crippen molar-refractivity contribution < 1.29 is 19.0 Å². The molecule has 0 amide bonds. The van der Waals surface area contributed by atoms with Crippen LogP contribution in [0.5, 0.6) is 0 Å². The number of nitrogens with two attached hydrogens (primary N) is 1. The van der Waals surface area contributed by atoms with Gasteiger partial charge in [0, 0.05) is 20.1 Å². The monoisotopic (exact) mass is 291 g/mol. The number of ether oxygens (including phenoxy) is 3. The first kappa shape index (κ1) is 21.6. The maximum absolute atomic E-state index is 10.2. The van der Waals surface area contributed by atoms with E-state index < -0.39 is 0 Å². The second kappa shape index (κ2) is 14.8. The smallest absolute Gasteiger partial charge is 0.303 e. The Bertz CT molecular complexity index is 204. The maximum atomic E-state index is 10.2. The lowest BCUT2D eigenvalue weighted by Gasteiger charge is -2.17. The summed E-state index contributed by atoms with van der Waals surface area (Å²) < 4.78 is 15.3. The molecule has 0 aromatic heterocycles. The van der Waals surface area contributed by atoms with Gasteiger partial charge in [0.1, 0.15) is 5.60 Å². The van der Waals surface area contributed by atoms with Gasteiger partial charge in [-0.25, -0.2) is 0 Å². The van der Waals surface area contributed by atoms with Gasteiger partial charge in [0.15, 0.2) is 0 Å². The summed E-state index contributed by atoms with van der Waals surface area (Å²) in [5.74, 6) is -0.225. The average molecular weight is 291 g/mol. The van der Waals surface area contributed by atoms with Crippen LogP contribution < -0.4 is 5.73 Å². The molecule has 0 spiro atoms. The van der Waals surface area contributed by atoms with Gasteiger partial charge in [0.2, 0.25) is 0 Å². The van der Waals surface area contributed by atoms with Crippen LogP contribution in [0.25, 0.3) is 0 Å². The first-order valence-electron chi connectivity index (χ1n) is 7.38. The second-order valence-corrected chi connectivity index (χ2v) is 5.43. The van der Waals surface area contributed by atoms with Gasteiger partial charge in [-0.05, 0) is 27.2 Å². The number of esters is 1. The fourth-order valence-corrected chi connectivity index (χ4v) is 1.29. The minimum absolute atomic E-state index is 0.225. The SMILES string of the molecule is CC(=O)OC(C)(C)C.CCCCCOCCOCCN. The van der Waals surface area contributed by atoms with E-state index in [0.717, 1.165) is 13.0 Å². The van der Waals surface area contributed by atoms with Gasteiger partial charge in [-0.15, -0.1) is 0 Å². The predicted octanol–water partition coefficient (Wildman–Crippen LogP) is 2.52. The predicted molar refractivity (Wildman–Crippen MR) is 81.7 cm³/mol. The molecule has 0 bridgehead atoms. The van der Waals surface area contributed by atoms with Gasteiger partial charge in [0.05, 0.1) is 19.8 Å². The Labute approximate surface area is 124 Å². The molecule has 0 radical (unpaired) electrons. The molecule has 0 heterocycles. The largest absolute Gasteiger partial charge is 0.460 e. The summed E-state index contributed by atoms with van der Waals surface area (Å²) in [5, 5.41) is 0. The van der Waals surface area contributed by atoms with E-state index in [2.05, 4.69) is 6.92 Å². The van der Waals surface area contributed by atoms with Crippen LogP contribution in [0.1, 0.15) is 53.9 Å². The van der Waals surface area contributed by atoms with Gasteiger partial charge in [-0.3, -0.25) is 4.79 Å². The lowest BCUT2D eigenvalue weighted by atomic mass is 10.2. The van der Waals surface area contributed by atoms with E-state index >= 15 is 0 Å². The number of carbonyl (C=O) groups is 1. The molecular weight excluding hydrogens is 258 g/mol. The third-order valence-electron chi connectivity index (χ3n) is 1.98. The van der Waals surface area contributed by atoms with Crippen molar-refractivity contribution in [1.82, 2.24) is 0 Å². The summed E-state index contributed by atoms with van der Waals surface area (Å²) in [6, 6.07) is 0. The number of hydrogen-bond donors (Lipinski definition) is 1. The second-order valence-electron chi connectivity index (χ2n) is 5.43. The summed E-state index contributed by atoms with van der Waals surface area (Å²) >= 11 is 0. The summed E-state index contributed by atoms with van der Waals surface area (Å²) in [6.07, 6.45) is 3.66. The van der Waals surface area contributed by atoms with Gasteiger partial charge < -0.3 is 19.9 Å². The van der Waals surface area contributed by atoms with E-state index in [-0.39, 0.29) is 11.6 Å². The highest BCUT2D eigenvalue weighted by atomic mass is 16.6. The molecule has 0 aromatic rings. The highest BCUT2D eigenvalue weighted by molar-refractivity contribution is 5.66. The van der Waals surface area contributed by atoms with E-state index in [1.165, 1.54) is 19.8 Å². The Morgan fingerprint density at radius 3 is 1.90 bits per heavy atom. The summed E-state index contributed by atoms with van der Waals surface area (Å²) in [7, 11) is 0. The Balaban J connectivity index is 0. The lowest BCUT2D eigenvalue weighted by molar-refractivity contribution is -0.151.